The van der Waals surface area contributed by atoms with E-state index in [1.54, 1.807) is 17.8 Å². The Balaban J connectivity index is 1.75. The third-order valence-electron chi connectivity index (χ3n) is 4.69. The van der Waals surface area contributed by atoms with Gasteiger partial charge in [0.15, 0.2) is 0 Å². The zero-order chi connectivity index (χ0) is 17.1. The van der Waals surface area contributed by atoms with Crippen LogP contribution < -0.4 is 15.5 Å². The van der Waals surface area contributed by atoms with Gasteiger partial charge in [-0.25, -0.2) is 4.39 Å². The van der Waals surface area contributed by atoms with Crippen LogP contribution >= 0.6 is 11.8 Å². The number of likely N-dealkylation sites (N-methyl/N-ethyl adjacent to an activating group) is 1. The molecule has 2 N–H and O–H groups in total. The van der Waals surface area contributed by atoms with Crippen molar-refractivity contribution in [2.24, 2.45) is 0 Å². The molecule has 1 unspecified atom stereocenters. The second-order valence-electron chi connectivity index (χ2n) is 6.50. The van der Waals surface area contributed by atoms with Gasteiger partial charge in [0, 0.05) is 49.1 Å². The number of hydrogen-bond acceptors (Lipinski definition) is 5. The van der Waals surface area contributed by atoms with Gasteiger partial charge in [0.2, 0.25) is 5.91 Å². The molecule has 2 aliphatic heterocycles. The predicted octanol–water partition coefficient (Wildman–Crippen LogP) is 1.42. The summed E-state index contributed by atoms with van der Waals surface area (Å²) in [6.07, 6.45) is 0. The van der Waals surface area contributed by atoms with Gasteiger partial charge in [0.1, 0.15) is 5.82 Å². The van der Waals surface area contributed by atoms with Crippen LogP contribution in [0, 0.1) is 5.82 Å². The van der Waals surface area contributed by atoms with E-state index < -0.39 is 0 Å². The van der Waals surface area contributed by atoms with Crippen LogP contribution in [0.4, 0.5) is 10.1 Å². The maximum atomic E-state index is 13.8. The summed E-state index contributed by atoms with van der Waals surface area (Å²) in [5.74, 6) is 1.31. The van der Waals surface area contributed by atoms with Crippen LogP contribution in [-0.4, -0.2) is 61.7 Å². The van der Waals surface area contributed by atoms with Gasteiger partial charge in [-0.15, -0.1) is 11.8 Å². The summed E-state index contributed by atoms with van der Waals surface area (Å²) in [6.45, 7) is 5.73. The van der Waals surface area contributed by atoms with Crippen molar-refractivity contribution in [3.8, 4) is 0 Å². The number of hydrogen-bond donors (Lipinski definition) is 2. The molecule has 2 saturated heterocycles. The molecule has 7 heteroatoms. The van der Waals surface area contributed by atoms with E-state index >= 15 is 0 Å². The number of carbonyl (C=O) groups is 1. The normalized spacial score (nSPS) is 23.3. The Kier molecular flexibility index (Phi) is 5.63. The van der Waals surface area contributed by atoms with E-state index in [4.69, 9.17) is 0 Å². The van der Waals surface area contributed by atoms with E-state index in [1.165, 1.54) is 6.07 Å². The summed E-state index contributed by atoms with van der Waals surface area (Å²) < 4.78 is 13.8. The molecule has 1 aromatic carbocycles. The highest BCUT2D eigenvalue weighted by atomic mass is 32.2. The molecule has 1 amide bonds. The molecule has 2 fully saturated rings. The highest BCUT2D eigenvalue weighted by Gasteiger charge is 2.26. The first-order chi connectivity index (χ1) is 11.5. The van der Waals surface area contributed by atoms with Gasteiger partial charge in [0.05, 0.1) is 12.1 Å². The number of carbonyl (C=O) groups excluding carboxylic acids is 1. The van der Waals surface area contributed by atoms with Crippen LogP contribution in [0.3, 0.4) is 0 Å². The minimum atomic E-state index is -0.265. The number of piperazine rings is 1. The second kappa shape index (κ2) is 7.72. The number of amides is 1. The highest BCUT2D eigenvalue weighted by Crippen LogP contribution is 2.28. The van der Waals surface area contributed by atoms with Crippen LogP contribution in [0.2, 0.25) is 0 Å². The fourth-order valence-electron chi connectivity index (χ4n) is 3.16. The van der Waals surface area contributed by atoms with Crippen LogP contribution in [0.25, 0.3) is 0 Å². The molecule has 2 heterocycles. The maximum absolute atomic E-state index is 13.8. The van der Waals surface area contributed by atoms with E-state index in [0.717, 1.165) is 49.1 Å². The van der Waals surface area contributed by atoms with Crippen molar-refractivity contribution in [1.29, 1.82) is 0 Å². The minimum absolute atomic E-state index is 0.0129. The smallest absolute Gasteiger partial charge is 0.238 e. The molecule has 0 radical (unpaired) electrons. The van der Waals surface area contributed by atoms with Gasteiger partial charge < -0.3 is 15.1 Å². The summed E-state index contributed by atoms with van der Waals surface area (Å²) in [5, 5.41) is 6.20. The molecule has 0 aliphatic carbocycles. The zero-order valence-electron chi connectivity index (χ0n) is 14.2. The minimum Gasteiger partial charge on any atom is -0.369 e. The number of benzene rings is 1. The van der Waals surface area contributed by atoms with Crippen molar-refractivity contribution in [2.45, 2.75) is 19.0 Å². The van der Waals surface area contributed by atoms with E-state index in [1.807, 2.05) is 13.0 Å². The molecule has 0 saturated carbocycles. The van der Waals surface area contributed by atoms with Gasteiger partial charge in [-0.3, -0.25) is 10.1 Å². The SMILES string of the molecule is CC(NC(=O)[C@H]1CSCN1)c1cc(F)ccc1N1CCN(C)CC1. The molecular formula is C17H25FN4OS. The Morgan fingerprint density at radius 3 is 2.79 bits per heavy atom. The molecule has 0 spiro atoms. The monoisotopic (exact) mass is 352 g/mol. The number of rotatable bonds is 4. The van der Waals surface area contributed by atoms with Gasteiger partial charge in [-0.1, -0.05) is 0 Å². The Morgan fingerprint density at radius 1 is 1.38 bits per heavy atom. The van der Waals surface area contributed by atoms with Gasteiger partial charge in [-0.05, 0) is 32.2 Å². The summed E-state index contributed by atoms with van der Waals surface area (Å²) >= 11 is 1.72. The van der Waals surface area contributed by atoms with Crippen molar-refractivity contribution < 1.29 is 9.18 Å². The highest BCUT2D eigenvalue weighted by molar-refractivity contribution is 7.99. The third kappa shape index (κ3) is 4.02. The molecule has 3 rings (SSSR count). The van der Waals surface area contributed by atoms with Crippen molar-refractivity contribution in [1.82, 2.24) is 15.5 Å². The van der Waals surface area contributed by atoms with Crippen molar-refractivity contribution in [3.05, 3.63) is 29.6 Å². The molecule has 132 valence electrons. The molecule has 0 aromatic heterocycles. The quantitative estimate of drug-likeness (QED) is 0.858. The number of halogens is 1. The number of nitrogens with one attached hydrogen (secondary N) is 2. The summed E-state index contributed by atoms with van der Waals surface area (Å²) in [6, 6.07) is 4.51. The average molecular weight is 352 g/mol. The lowest BCUT2D eigenvalue weighted by molar-refractivity contribution is -0.123. The molecule has 2 aliphatic rings. The molecule has 5 nitrogen and oxygen atoms in total. The lowest BCUT2D eigenvalue weighted by Crippen LogP contribution is -2.46. The first kappa shape index (κ1) is 17.5. The average Bonchev–Trinajstić information content (AvgIpc) is 3.10. The molecule has 1 aromatic rings. The summed E-state index contributed by atoms with van der Waals surface area (Å²) in [5.41, 5.74) is 1.87. The second-order valence-corrected chi connectivity index (χ2v) is 7.53. The first-order valence-corrected chi connectivity index (χ1v) is 9.54. The lowest BCUT2D eigenvalue weighted by atomic mass is 10.0. The summed E-state index contributed by atoms with van der Waals surface area (Å²) in [4.78, 5) is 16.9. The standard InChI is InChI=1S/C17H25FN4OS/c1-12(20-17(23)15-10-24-11-19-15)14-9-13(18)3-4-16(14)22-7-5-21(2)6-8-22/h3-4,9,12,15,19H,5-8,10-11H2,1-2H3,(H,20,23)/t12?,15-/m1/s1. The Hall–Kier alpha value is -1.31. The fraction of sp³-hybridized carbons (Fsp3) is 0.588. The van der Waals surface area contributed by atoms with Crippen molar-refractivity contribution in [2.75, 3.05) is 49.8 Å². The molecule has 24 heavy (non-hydrogen) atoms. The maximum Gasteiger partial charge on any atom is 0.238 e. The van der Waals surface area contributed by atoms with Gasteiger partial charge >= 0.3 is 0 Å². The molecular weight excluding hydrogens is 327 g/mol. The van der Waals surface area contributed by atoms with Crippen LogP contribution in [0.15, 0.2) is 18.2 Å². The Morgan fingerprint density at radius 2 is 2.12 bits per heavy atom. The number of thioether (sulfide) groups is 1. The number of anilines is 1. The van der Waals surface area contributed by atoms with E-state index in [2.05, 4.69) is 27.5 Å². The fourth-order valence-corrected chi connectivity index (χ4v) is 4.10. The lowest BCUT2D eigenvalue weighted by Gasteiger charge is -2.36. The van der Waals surface area contributed by atoms with Crippen LogP contribution in [0.5, 0.6) is 0 Å². The van der Waals surface area contributed by atoms with Gasteiger partial charge in [0.25, 0.3) is 0 Å². The largest absolute Gasteiger partial charge is 0.369 e. The molecule has 2 atom stereocenters. The first-order valence-electron chi connectivity index (χ1n) is 8.39. The third-order valence-corrected chi connectivity index (χ3v) is 5.63. The van der Waals surface area contributed by atoms with E-state index in [0.29, 0.717) is 0 Å². The van der Waals surface area contributed by atoms with Crippen LogP contribution in [-0.2, 0) is 4.79 Å². The Labute approximate surface area is 147 Å². The predicted molar refractivity (Wildman–Crippen MR) is 96.9 cm³/mol. The van der Waals surface area contributed by atoms with Crippen molar-refractivity contribution >= 4 is 23.4 Å². The Bertz CT molecular complexity index is 586. The molecule has 0 bridgehead atoms. The zero-order valence-corrected chi connectivity index (χ0v) is 15.0. The van der Waals surface area contributed by atoms with Gasteiger partial charge in [-0.2, -0.15) is 0 Å². The number of nitrogens with zero attached hydrogens (tertiary/aromatic N) is 2. The van der Waals surface area contributed by atoms with Crippen molar-refractivity contribution in [3.63, 3.8) is 0 Å². The van der Waals surface area contributed by atoms with Crippen LogP contribution in [0.1, 0.15) is 18.5 Å². The van der Waals surface area contributed by atoms with E-state index in [-0.39, 0.29) is 23.8 Å². The summed E-state index contributed by atoms with van der Waals surface area (Å²) in [7, 11) is 2.11. The topological polar surface area (TPSA) is 47.6 Å². The van der Waals surface area contributed by atoms with E-state index in [9.17, 15) is 9.18 Å².